The van der Waals surface area contributed by atoms with Crippen LogP contribution in [-0.4, -0.2) is 32.5 Å². The number of nitrogens with zero attached hydrogens (tertiary/aromatic N) is 4. The minimum Gasteiger partial charge on any atom is -0.454 e. The number of amides is 1. The van der Waals surface area contributed by atoms with Gasteiger partial charge in [0.2, 0.25) is 11.8 Å². The number of hydrogen-bond donors (Lipinski definition) is 1. The second-order valence-corrected chi connectivity index (χ2v) is 7.53. The fourth-order valence-corrected chi connectivity index (χ4v) is 3.98. The minimum absolute atomic E-state index is 0.176. The molecule has 5 rings (SSSR count). The van der Waals surface area contributed by atoms with E-state index in [-0.39, 0.29) is 12.7 Å². The first-order valence-electron chi connectivity index (χ1n) is 9.24. The molecule has 9 heteroatoms. The highest BCUT2D eigenvalue weighted by Gasteiger charge is 2.17. The molecule has 4 aromatic rings. The molecule has 1 amide bonds. The number of ether oxygens (including phenoxy) is 2. The van der Waals surface area contributed by atoms with Gasteiger partial charge in [-0.05, 0) is 36.8 Å². The maximum Gasteiger partial charge on any atom is 0.255 e. The molecule has 2 aromatic carbocycles. The Morgan fingerprint density at radius 3 is 2.97 bits per heavy atom. The van der Waals surface area contributed by atoms with Gasteiger partial charge in [0.15, 0.2) is 17.3 Å². The predicted octanol–water partition coefficient (Wildman–Crippen LogP) is 3.79. The molecule has 1 N–H and O–H groups in total. The third-order valence-electron chi connectivity index (χ3n) is 4.53. The number of carbonyl (C=O) groups excluding carboxylic acids is 1. The Morgan fingerprint density at radius 1 is 1.17 bits per heavy atom. The summed E-state index contributed by atoms with van der Waals surface area (Å²) in [4.78, 5) is 13.4. The summed E-state index contributed by atoms with van der Waals surface area (Å²) in [5.41, 5.74) is 2.10. The second-order valence-electron chi connectivity index (χ2n) is 6.57. The molecule has 0 saturated carbocycles. The van der Waals surface area contributed by atoms with E-state index < -0.39 is 0 Å². The summed E-state index contributed by atoms with van der Waals surface area (Å²) < 4.78 is 12.4. The van der Waals surface area contributed by atoms with Crippen molar-refractivity contribution in [3.05, 3.63) is 53.9 Å². The molecule has 0 radical (unpaired) electrons. The summed E-state index contributed by atoms with van der Waals surface area (Å²) in [5.74, 6) is 1.87. The van der Waals surface area contributed by atoms with Crippen molar-refractivity contribution >= 4 is 27.9 Å². The van der Waals surface area contributed by atoms with Gasteiger partial charge in [-0.15, -0.1) is 10.2 Å². The van der Waals surface area contributed by atoms with Gasteiger partial charge in [-0.25, -0.2) is 0 Å². The molecule has 146 valence electrons. The van der Waals surface area contributed by atoms with Gasteiger partial charge in [-0.2, -0.15) is 9.61 Å². The van der Waals surface area contributed by atoms with Gasteiger partial charge in [-0.1, -0.05) is 30.4 Å². The largest absolute Gasteiger partial charge is 0.454 e. The summed E-state index contributed by atoms with van der Waals surface area (Å²) in [6.45, 7) is 2.27. The molecular weight excluding hydrogens is 390 g/mol. The number of anilines is 1. The van der Waals surface area contributed by atoms with Crippen LogP contribution in [0.4, 0.5) is 5.69 Å². The number of benzene rings is 2. The second kappa shape index (κ2) is 7.17. The van der Waals surface area contributed by atoms with Crippen LogP contribution in [0.1, 0.15) is 29.5 Å². The lowest BCUT2D eigenvalue weighted by Gasteiger charge is -2.07. The molecule has 1 aliphatic rings. The number of carbonyl (C=O) groups is 1. The number of hydrogen-bond acceptors (Lipinski definition) is 7. The standard InChI is InChI=1S/C20H17N5O3S/c1-2-4-17-22-23-20-25(17)24-19(29-20)13-5-3-6-14(9-13)21-18(26)12-7-8-15-16(10-12)28-11-27-15/h3,5-10H,2,4,11H2,1H3,(H,21,26). The number of rotatable bonds is 5. The van der Waals surface area contributed by atoms with E-state index in [0.717, 1.165) is 34.2 Å². The van der Waals surface area contributed by atoms with Crippen molar-refractivity contribution in [1.29, 1.82) is 0 Å². The highest BCUT2D eigenvalue weighted by molar-refractivity contribution is 7.19. The van der Waals surface area contributed by atoms with E-state index in [9.17, 15) is 4.79 Å². The van der Waals surface area contributed by atoms with Crippen LogP contribution < -0.4 is 14.8 Å². The van der Waals surface area contributed by atoms with Gasteiger partial charge >= 0.3 is 0 Å². The third kappa shape index (κ3) is 3.29. The fraction of sp³-hybridized carbons (Fsp3) is 0.200. The molecule has 0 fully saturated rings. The molecule has 29 heavy (non-hydrogen) atoms. The summed E-state index contributed by atoms with van der Waals surface area (Å²) in [6.07, 6.45) is 1.81. The normalized spacial score (nSPS) is 12.4. The lowest BCUT2D eigenvalue weighted by atomic mass is 10.1. The average molecular weight is 407 g/mol. The number of nitrogens with one attached hydrogen (secondary N) is 1. The summed E-state index contributed by atoms with van der Waals surface area (Å²) >= 11 is 1.47. The van der Waals surface area contributed by atoms with Crippen molar-refractivity contribution in [2.24, 2.45) is 0 Å². The van der Waals surface area contributed by atoms with Crippen LogP contribution in [0.5, 0.6) is 11.5 Å². The lowest BCUT2D eigenvalue weighted by molar-refractivity contribution is 0.102. The van der Waals surface area contributed by atoms with Crippen LogP contribution in [0.3, 0.4) is 0 Å². The van der Waals surface area contributed by atoms with Crippen molar-refractivity contribution in [1.82, 2.24) is 19.8 Å². The Hall–Kier alpha value is -3.46. The van der Waals surface area contributed by atoms with Gasteiger partial charge in [0.25, 0.3) is 5.91 Å². The third-order valence-corrected chi connectivity index (χ3v) is 5.48. The molecule has 8 nitrogen and oxygen atoms in total. The van der Waals surface area contributed by atoms with E-state index >= 15 is 0 Å². The van der Waals surface area contributed by atoms with E-state index in [1.165, 1.54) is 11.3 Å². The first-order valence-corrected chi connectivity index (χ1v) is 10.1. The topological polar surface area (TPSA) is 90.6 Å². The minimum atomic E-state index is -0.219. The van der Waals surface area contributed by atoms with Gasteiger partial charge in [0, 0.05) is 23.2 Å². The molecule has 0 saturated heterocycles. The molecule has 0 bridgehead atoms. The highest BCUT2D eigenvalue weighted by atomic mass is 32.1. The molecule has 0 atom stereocenters. The van der Waals surface area contributed by atoms with Gasteiger partial charge in [0.05, 0.1) is 0 Å². The van der Waals surface area contributed by atoms with E-state index in [1.807, 2.05) is 24.3 Å². The zero-order chi connectivity index (χ0) is 19.8. The zero-order valence-corrected chi connectivity index (χ0v) is 16.4. The number of aromatic nitrogens is 4. The van der Waals surface area contributed by atoms with Crippen molar-refractivity contribution in [3.8, 4) is 22.1 Å². The molecule has 1 aliphatic heterocycles. The molecular formula is C20H17N5O3S. The van der Waals surface area contributed by atoms with E-state index in [0.29, 0.717) is 22.7 Å². The van der Waals surface area contributed by atoms with Crippen LogP contribution >= 0.6 is 11.3 Å². The smallest absolute Gasteiger partial charge is 0.255 e. The Kier molecular flexibility index (Phi) is 4.36. The van der Waals surface area contributed by atoms with Crippen molar-refractivity contribution in [2.45, 2.75) is 19.8 Å². The van der Waals surface area contributed by atoms with Crippen molar-refractivity contribution in [3.63, 3.8) is 0 Å². The van der Waals surface area contributed by atoms with Gasteiger partial charge in [-0.3, -0.25) is 4.79 Å². The van der Waals surface area contributed by atoms with E-state index in [1.54, 1.807) is 22.7 Å². The van der Waals surface area contributed by atoms with Gasteiger partial charge < -0.3 is 14.8 Å². The monoisotopic (exact) mass is 407 g/mol. The Bertz CT molecular complexity index is 1220. The maximum absolute atomic E-state index is 12.6. The first kappa shape index (κ1) is 17.6. The first-order chi connectivity index (χ1) is 14.2. The Balaban J connectivity index is 1.39. The zero-order valence-electron chi connectivity index (χ0n) is 15.6. The lowest BCUT2D eigenvalue weighted by Crippen LogP contribution is -2.11. The Morgan fingerprint density at radius 2 is 2.07 bits per heavy atom. The predicted molar refractivity (Wildman–Crippen MR) is 109 cm³/mol. The average Bonchev–Trinajstić information content (AvgIpc) is 3.44. The molecule has 2 aromatic heterocycles. The van der Waals surface area contributed by atoms with Crippen LogP contribution in [-0.2, 0) is 6.42 Å². The molecule has 3 heterocycles. The highest BCUT2D eigenvalue weighted by Crippen LogP contribution is 2.33. The maximum atomic E-state index is 12.6. The van der Waals surface area contributed by atoms with Crippen LogP contribution in [0.15, 0.2) is 42.5 Å². The fourth-order valence-electron chi connectivity index (χ4n) is 3.12. The summed E-state index contributed by atoms with van der Waals surface area (Å²) in [7, 11) is 0. The molecule has 0 unspecified atom stereocenters. The summed E-state index contributed by atoms with van der Waals surface area (Å²) in [5, 5.41) is 16.8. The SMILES string of the molecule is CCCc1nnc2sc(-c3cccc(NC(=O)c4ccc5c(c4)OCO5)c3)nn12. The quantitative estimate of drug-likeness (QED) is 0.541. The summed E-state index contributed by atoms with van der Waals surface area (Å²) in [6, 6.07) is 12.7. The van der Waals surface area contributed by atoms with Gasteiger partial charge in [0.1, 0.15) is 5.01 Å². The van der Waals surface area contributed by atoms with E-state index in [2.05, 4.69) is 27.5 Å². The van der Waals surface area contributed by atoms with Crippen LogP contribution in [0.25, 0.3) is 15.5 Å². The van der Waals surface area contributed by atoms with Crippen molar-refractivity contribution in [2.75, 3.05) is 12.1 Å². The number of fused-ring (bicyclic) bond motifs is 2. The number of aryl methyl sites for hydroxylation is 1. The van der Waals surface area contributed by atoms with Crippen LogP contribution in [0, 0.1) is 0 Å². The Labute approximate surface area is 170 Å². The van der Waals surface area contributed by atoms with Crippen molar-refractivity contribution < 1.29 is 14.3 Å². The van der Waals surface area contributed by atoms with E-state index in [4.69, 9.17) is 9.47 Å². The molecule has 0 spiro atoms. The molecule has 0 aliphatic carbocycles. The van der Waals surface area contributed by atoms with Crippen LogP contribution in [0.2, 0.25) is 0 Å².